The molecule has 0 saturated heterocycles. The molecule has 0 bridgehead atoms. The monoisotopic (exact) mass is 161 g/mol. The first-order chi connectivity index (χ1) is 5.83. The summed E-state index contributed by atoms with van der Waals surface area (Å²) in [5.41, 5.74) is 5.66. The summed E-state index contributed by atoms with van der Waals surface area (Å²) < 4.78 is 5.20. The molecule has 1 unspecified atom stereocenters. The van der Waals surface area contributed by atoms with Crippen LogP contribution in [0.3, 0.4) is 0 Å². The maximum atomic E-state index is 5.66. The van der Waals surface area contributed by atoms with Gasteiger partial charge in [-0.2, -0.15) is 0 Å². The van der Waals surface area contributed by atoms with Gasteiger partial charge in [0.1, 0.15) is 12.4 Å². The third-order valence-corrected chi connectivity index (χ3v) is 1.38. The summed E-state index contributed by atoms with van der Waals surface area (Å²) >= 11 is 0. The zero-order chi connectivity index (χ0) is 8.81. The van der Waals surface area contributed by atoms with Crippen molar-refractivity contribution in [1.29, 1.82) is 0 Å². The highest BCUT2D eigenvalue weighted by molar-refractivity contribution is 5.26. The van der Waals surface area contributed by atoms with Gasteiger partial charge in [-0.3, -0.25) is 0 Å². The molecule has 0 amide bonds. The normalized spacial score (nSPS) is 21.0. The molecule has 0 aromatic rings. The van der Waals surface area contributed by atoms with E-state index in [0.717, 1.165) is 5.76 Å². The van der Waals surface area contributed by atoms with Crippen LogP contribution in [0.25, 0.3) is 0 Å². The average molecular weight is 161 g/mol. The Bertz CT molecular complexity index is 268. The number of ether oxygens (including phenoxy) is 1. The summed E-state index contributed by atoms with van der Waals surface area (Å²) in [5, 5.41) is 0. The molecule has 0 saturated carbocycles. The summed E-state index contributed by atoms with van der Waals surface area (Å²) in [4.78, 5) is 0. The van der Waals surface area contributed by atoms with E-state index in [-0.39, 0.29) is 12.6 Å². The molecular weight excluding hydrogens is 150 g/mol. The van der Waals surface area contributed by atoms with E-state index in [1.165, 1.54) is 0 Å². The third-order valence-electron chi connectivity index (χ3n) is 1.38. The fraction of sp³-hybridized carbons (Fsp3) is 0.200. The van der Waals surface area contributed by atoms with Crippen molar-refractivity contribution in [3.05, 3.63) is 36.1 Å². The number of terminal acetylenes is 1. The van der Waals surface area contributed by atoms with Crippen LogP contribution in [0.5, 0.6) is 0 Å². The van der Waals surface area contributed by atoms with E-state index in [4.69, 9.17) is 16.9 Å². The van der Waals surface area contributed by atoms with Crippen molar-refractivity contribution in [1.82, 2.24) is 0 Å². The van der Waals surface area contributed by atoms with Crippen LogP contribution >= 0.6 is 0 Å². The Labute approximate surface area is 72.4 Å². The van der Waals surface area contributed by atoms with Crippen molar-refractivity contribution in [3.63, 3.8) is 0 Å². The van der Waals surface area contributed by atoms with Gasteiger partial charge in [0.25, 0.3) is 0 Å². The van der Waals surface area contributed by atoms with Crippen molar-refractivity contribution >= 4 is 0 Å². The van der Waals surface area contributed by atoms with Gasteiger partial charge in [0, 0.05) is 6.04 Å². The van der Waals surface area contributed by atoms with Crippen LogP contribution < -0.4 is 5.73 Å². The van der Waals surface area contributed by atoms with E-state index in [9.17, 15) is 0 Å². The molecule has 1 aliphatic carbocycles. The Kier molecular flexibility index (Phi) is 3.18. The van der Waals surface area contributed by atoms with Gasteiger partial charge in [-0.1, -0.05) is 24.1 Å². The van der Waals surface area contributed by atoms with Crippen molar-refractivity contribution in [2.45, 2.75) is 6.04 Å². The lowest BCUT2D eigenvalue weighted by Gasteiger charge is -2.03. The van der Waals surface area contributed by atoms with Crippen molar-refractivity contribution < 1.29 is 4.74 Å². The second-order valence-electron chi connectivity index (χ2n) is 2.38. The van der Waals surface area contributed by atoms with E-state index < -0.39 is 0 Å². The minimum absolute atomic E-state index is 0.0900. The summed E-state index contributed by atoms with van der Waals surface area (Å²) in [6.45, 7) is 0.281. The molecule has 0 spiro atoms. The average Bonchev–Trinajstić information content (AvgIpc) is 2.26. The molecule has 0 aromatic heterocycles. The number of rotatable bonds is 2. The lowest BCUT2D eigenvalue weighted by molar-refractivity contribution is 0.266. The summed E-state index contributed by atoms with van der Waals surface area (Å²) in [7, 11) is 0. The highest BCUT2D eigenvalue weighted by atomic mass is 16.5. The van der Waals surface area contributed by atoms with Crippen molar-refractivity contribution in [3.8, 4) is 12.3 Å². The number of hydrogen-bond acceptors (Lipinski definition) is 2. The first-order valence-electron chi connectivity index (χ1n) is 3.71. The van der Waals surface area contributed by atoms with Crippen LogP contribution in [-0.4, -0.2) is 12.6 Å². The molecule has 0 aliphatic heterocycles. The quantitative estimate of drug-likeness (QED) is 0.612. The predicted molar refractivity (Wildman–Crippen MR) is 49.1 cm³/mol. The standard InChI is InChI=1S/C10H11NO/c1-2-7-12-10-6-4-3-5-9(11)8-10/h1,3-6,8-9H,7,11H2. The molecular formula is C10H11NO. The van der Waals surface area contributed by atoms with Gasteiger partial charge in [0.05, 0.1) is 0 Å². The van der Waals surface area contributed by atoms with Crippen LogP contribution in [0.2, 0.25) is 0 Å². The van der Waals surface area contributed by atoms with Crippen LogP contribution in [0.15, 0.2) is 36.1 Å². The number of nitrogens with two attached hydrogens (primary N) is 1. The molecule has 2 nitrogen and oxygen atoms in total. The zero-order valence-corrected chi connectivity index (χ0v) is 6.73. The van der Waals surface area contributed by atoms with E-state index in [2.05, 4.69) is 5.92 Å². The maximum Gasteiger partial charge on any atom is 0.148 e. The molecule has 12 heavy (non-hydrogen) atoms. The fourth-order valence-electron chi connectivity index (χ4n) is 0.865. The van der Waals surface area contributed by atoms with Gasteiger partial charge in [0.2, 0.25) is 0 Å². The Balaban J connectivity index is 2.59. The van der Waals surface area contributed by atoms with E-state index >= 15 is 0 Å². The van der Waals surface area contributed by atoms with Gasteiger partial charge < -0.3 is 10.5 Å². The molecule has 0 radical (unpaired) electrons. The molecule has 1 rings (SSSR count). The third kappa shape index (κ3) is 2.65. The minimum Gasteiger partial charge on any atom is -0.481 e. The van der Waals surface area contributed by atoms with Crippen LogP contribution in [-0.2, 0) is 4.74 Å². The maximum absolute atomic E-state index is 5.66. The molecule has 0 aromatic carbocycles. The fourth-order valence-corrected chi connectivity index (χ4v) is 0.865. The number of allylic oxidation sites excluding steroid dienone is 3. The van der Waals surface area contributed by atoms with E-state index in [1.807, 2.05) is 30.4 Å². The second kappa shape index (κ2) is 4.42. The van der Waals surface area contributed by atoms with Gasteiger partial charge in [-0.25, -0.2) is 0 Å². The molecule has 62 valence electrons. The first kappa shape index (κ1) is 8.63. The van der Waals surface area contributed by atoms with E-state index in [0.29, 0.717) is 0 Å². The van der Waals surface area contributed by atoms with Crippen LogP contribution in [0.1, 0.15) is 0 Å². The molecule has 1 aliphatic rings. The Morgan fingerprint density at radius 3 is 3.17 bits per heavy atom. The SMILES string of the molecule is C#CCOC1=CC(N)C=CC=C1. The lowest BCUT2D eigenvalue weighted by Crippen LogP contribution is -2.13. The van der Waals surface area contributed by atoms with Gasteiger partial charge in [0.15, 0.2) is 0 Å². The molecule has 1 atom stereocenters. The van der Waals surface area contributed by atoms with Gasteiger partial charge >= 0.3 is 0 Å². The van der Waals surface area contributed by atoms with Crippen LogP contribution in [0.4, 0.5) is 0 Å². The minimum atomic E-state index is -0.0900. The summed E-state index contributed by atoms with van der Waals surface area (Å²) in [6.07, 6.45) is 14.3. The van der Waals surface area contributed by atoms with Crippen molar-refractivity contribution in [2.75, 3.05) is 6.61 Å². The molecule has 2 heteroatoms. The highest BCUT2D eigenvalue weighted by Crippen LogP contribution is 2.05. The summed E-state index contributed by atoms with van der Waals surface area (Å²) in [6, 6.07) is -0.0900. The largest absolute Gasteiger partial charge is 0.481 e. The smallest absolute Gasteiger partial charge is 0.148 e. The summed E-state index contributed by atoms with van der Waals surface area (Å²) in [5.74, 6) is 3.12. The zero-order valence-electron chi connectivity index (χ0n) is 6.73. The van der Waals surface area contributed by atoms with Crippen LogP contribution in [0, 0.1) is 12.3 Å². The predicted octanol–water partition coefficient (Wildman–Crippen LogP) is 0.973. The topological polar surface area (TPSA) is 35.2 Å². The highest BCUT2D eigenvalue weighted by Gasteiger charge is 1.98. The second-order valence-corrected chi connectivity index (χ2v) is 2.38. The number of hydrogen-bond donors (Lipinski definition) is 1. The van der Waals surface area contributed by atoms with Crippen molar-refractivity contribution in [2.24, 2.45) is 5.73 Å². The van der Waals surface area contributed by atoms with Gasteiger partial charge in [-0.05, 0) is 12.2 Å². The Hall–Kier alpha value is -1.46. The molecule has 0 heterocycles. The van der Waals surface area contributed by atoms with Gasteiger partial charge in [-0.15, -0.1) is 6.42 Å². The lowest BCUT2D eigenvalue weighted by atomic mass is 10.3. The van der Waals surface area contributed by atoms with E-state index in [1.54, 1.807) is 0 Å². The Morgan fingerprint density at radius 2 is 2.42 bits per heavy atom. The molecule has 0 fully saturated rings. The Morgan fingerprint density at radius 1 is 1.58 bits per heavy atom. The first-order valence-corrected chi connectivity index (χ1v) is 3.71. The molecule has 2 N–H and O–H groups in total.